The molecular formula is C25H20N4O3. The first kappa shape index (κ1) is 20.8. The van der Waals surface area contributed by atoms with Crippen molar-refractivity contribution in [2.45, 2.75) is 13.8 Å². The topological polar surface area (TPSA) is 97.0 Å². The van der Waals surface area contributed by atoms with Crippen LogP contribution in [0.25, 0.3) is 16.6 Å². The third-order valence-corrected chi connectivity index (χ3v) is 4.99. The zero-order chi connectivity index (χ0) is 22.7. The van der Waals surface area contributed by atoms with Gasteiger partial charge < -0.3 is 10.1 Å². The number of nitriles is 1. The molecule has 0 aliphatic rings. The van der Waals surface area contributed by atoms with Gasteiger partial charge in [0.1, 0.15) is 11.6 Å². The zero-order valence-electron chi connectivity index (χ0n) is 17.6. The summed E-state index contributed by atoms with van der Waals surface area (Å²) in [6.45, 7) is 4.04. The van der Waals surface area contributed by atoms with Crippen molar-refractivity contribution in [3.63, 3.8) is 0 Å². The van der Waals surface area contributed by atoms with E-state index in [4.69, 9.17) is 10.00 Å². The molecule has 1 aromatic heterocycles. The van der Waals surface area contributed by atoms with Gasteiger partial charge in [-0.3, -0.25) is 14.2 Å². The monoisotopic (exact) mass is 424 g/mol. The van der Waals surface area contributed by atoms with E-state index in [9.17, 15) is 9.59 Å². The minimum Gasteiger partial charge on any atom is -0.492 e. The molecule has 0 radical (unpaired) electrons. The highest BCUT2D eigenvalue weighted by Gasteiger charge is 2.13. The third-order valence-electron chi connectivity index (χ3n) is 4.99. The second-order valence-corrected chi connectivity index (χ2v) is 7.07. The molecule has 0 aliphatic carbocycles. The fourth-order valence-corrected chi connectivity index (χ4v) is 3.48. The van der Waals surface area contributed by atoms with E-state index >= 15 is 0 Å². The number of carbonyl (C=O) groups is 1. The first-order valence-electron chi connectivity index (χ1n) is 10.1. The molecule has 158 valence electrons. The molecule has 4 rings (SSSR count). The molecule has 0 bridgehead atoms. The molecule has 0 saturated heterocycles. The van der Waals surface area contributed by atoms with Crippen molar-refractivity contribution in [2.24, 2.45) is 0 Å². The maximum Gasteiger partial charge on any atom is 0.265 e. The molecule has 0 saturated carbocycles. The van der Waals surface area contributed by atoms with Gasteiger partial charge in [0.15, 0.2) is 0 Å². The minimum absolute atomic E-state index is 0.167. The van der Waals surface area contributed by atoms with E-state index in [2.05, 4.69) is 16.4 Å². The van der Waals surface area contributed by atoms with E-state index in [1.165, 1.54) is 4.57 Å². The number of rotatable bonds is 5. The van der Waals surface area contributed by atoms with E-state index in [1.807, 2.05) is 13.0 Å². The summed E-state index contributed by atoms with van der Waals surface area (Å²) in [6, 6.07) is 20.8. The molecule has 3 aromatic carbocycles. The number of aryl methyl sites for hydroxylation is 1. The molecule has 0 unspecified atom stereocenters. The van der Waals surface area contributed by atoms with Gasteiger partial charge in [0, 0.05) is 5.56 Å². The number of fused-ring (bicyclic) bond motifs is 1. The Morgan fingerprint density at radius 1 is 1.12 bits per heavy atom. The third kappa shape index (κ3) is 3.94. The van der Waals surface area contributed by atoms with Crippen LogP contribution in [0.1, 0.15) is 28.7 Å². The number of carbonyl (C=O) groups excluding carboxylic acids is 1. The van der Waals surface area contributed by atoms with Gasteiger partial charge >= 0.3 is 0 Å². The Labute approximate surface area is 184 Å². The summed E-state index contributed by atoms with van der Waals surface area (Å²) >= 11 is 0. The fourth-order valence-electron chi connectivity index (χ4n) is 3.48. The molecule has 1 amide bonds. The molecule has 1 heterocycles. The lowest BCUT2D eigenvalue weighted by Gasteiger charge is -2.13. The van der Waals surface area contributed by atoms with Gasteiger partial charge in [-0.15, -0.1) is 0 Å². The quantitative estimate of drug-likeness (QED) is 0.517. The van der Waals surface area contributed by atoms with Crippen LogP contribution in [0, 0.1) is 18.3 Å². The molecule has 7 heteroatoms. The largest absolute Gasteiger partial charge is 0.492 e. The summed E-state index contributed by atoms with van der Waals surface area (Å²) < 4.78 is 7.06. The van der Waals surface area contributed by atoms with E-state index < -0.39 is 0 Å². The Morgan fingerprint density at radius 2 is 1.88 bits per heavy atom. The predicted octanol–water partition coefficient (Wildman–Crippen LogP) is 4.22. The summed E-state index contributed by atoms with van der Waals surface area (Å²) in [5, 5.41) is 12.5. The molecule has 0 atom stereocenters. The van der Waals surface area contributed by atoms with Crippen molar-refractivity contribution in [1.29, 1.82) is 5.26 Å². The molecule has 4 aromatic rings. The molecule has 0 spiro atoms. The van der Waals surface area contributed by atoms with Crippen LogP contribution >= 0.6 is 0 Å². The highest BCUT2D eigenvalue weighted by Crippen LogP contribution is 2.26. The van der Waals surface area contributed by atoms with Gasteiger partial charge in [-0.2, -0.15) is 5.26 Å². The van der Waals surface area contributed by atoms with E-state index in [1.54, 1.807) is 67.6 Å². The van der Waals surface area contributed by atoms with Gasteiger partial charge in [-0.25, -0.2) is 4.98 Å². The van der Waals surface area contributed by atoms with Crippen molar-refractivity contribution in [2.75, 3.05) is 11.9 Å². The lowest BCUT2D eigenvalue weighted by molar-refractivity contribution is 0.102. The molecule has 0 aliphatic heterocycles. The number of nitrogens with zero attached hydrogens (tertiary/aromatic N) is 3. The number of benzene rings is 3. The first-order valence-corrected chi connectivity index (χ1v) is 10.1. The Balaban J connectivity index is 1.64. The average molecular weight is 424 g/mol. The van der Waals surface area contributed by atoms with Crippen LogP contribution in [0.15, 0.2) is 71.5 Å². The van der Waals surface area contributed by atoms with Gasteiger partial charge in [-0.05, 0) is 68.4 Å². The normalized spacial score (nSPS) is 10.5. The summed E-state index contributed by atoms with van der Waals surface area (Å²) in [4.78, 5) is 30.3. The van der Waals surface area contributed by atoms with Gasteiger partial charge in [-0.1, -0.05) is 12.1 Å². The van der Waals surface area contributed by atoms with Crippen LogP contribution in [-0.4, -0.2) is 22.1 Å². The van der Waals surface area contributed by atoms with Crippen molar-refractivity contribution < 1.29 is 9.53 Å². The lowest BCUT2D eigenvalue weighted by Crippen LogP contribution is -2.22. The van der Waals surface area contributed by atoms with Crippen LogP contribution in [0.2, 0.25) is 0 Å². The number of hydrogen-bond donors (Lipinski definition) is 1. The standard InChI is InChI=1S/C25H20N4O3/c1-3-32-23-13-8-17(15-26)14-22(23)28-24(30)18-9-11-19(12-10-18)29-16(2)27-21-7-5-4-6-20(21)25(29)31/h4-14H,3H2,1-2H3,(H,28,30). The summed E-state index contributed by atoms with van der Waals surface area (Å²) in [7, 11) is 0. The number of anilines is 1. The van der Waals surface area contributed by atoms with E-state index in [0.29, 0.717) is 51.6 Å². The second kappa shape index (κ2) is 8.74. The highest BCUT2D eigenvalue weighted by atomic mass is 16.5. The highest BCUT2D eigenvalue weighted by molar-refractivity contribution is 6.05. The fraction of sp³-hybridized carbons (Fsp3) is 0.120. The first-order chi connectivity index (χ1) is 15.5. The molecule has 1 N–H and O–H groups in total. The maximum atomic E-state index is 13.0. The Bertz CT molecular complexity index is 1420. The number of ether oxygens (including phenoxy) is 1. The van der Waals surface area contributed by atoms with Crippen LogP contribution in [-0.2, 0) is 0 Å². The van der Waals surface area contributed by atoms with Crippen molar-refractivity contribution >= 4 is 22.5 Å². The van der Waals surface area contributed by atoms with Crippen LogP contribution < -0.4 is 15.6 Å². The van der Waals surface area contributed by atoms with Gasteiger partial charge in [0.25, 0.3) is 11.5 Å². The Hall–Kier alpha value is -4.44. The van der Waals surface area contributed by atoms with Crippen molar-refractivity contribution in [3.05, 3.63) is 94.0 Å². The number of aromatic nitrogens is 2. The minimum atomic E-state index is -0.353. The Kier molecular flexibility index (Phi) is 5.69. The number of nitrogens with one attached hydrogen (secondary N) is 1. The number of amides is 1. The summed E-state index contributed by atoms with van der Waals surface area (Å²) in [6.07, 6.45) is 0. The number of para-hydroxylation sites is 1. The molecular weight excluding hydrogens is 404 g/mol. The summed E-state index contributed by atoms with van der Waals surface area (Å²) in [5.74, 6) is 0.690. The second-order valence-electron chi connectivity index (χ2n) is 7.07. The summed E-state index contributed by atoms with van der Waals surface area (Å²) in [5.41, 5.74) is 2.33. The predicted molar refractivity (Wildman–Crippen MR) is 122 cm³/mol. The molecule has 7 nitrogen and oxygen atoms in total. The number of hydrogen-bond acceptors (Lipinski definition) is 5. The lowest BCUT2D eigenvalue weighted by atomic mass is 10.1. The molecule has 0 fully saturated rings. The Morgan fingerprint density at radius 3 is 2.59 bits per heavy atom. The molecule has 32 heavy (non-hydrogen) atoms. The average Bonchev–Trinajstić information content (AvgIpc) is 2.80. The van der Waals surface area contributed by atoms with Gasteiger partial charge in [0.2, 0.25) is 0 Å². The van der Waals surface area contributed by atoms with Crippen molar-refractivity contribution in [1.82, 2.24) is 9.55 Å². The van der Waals surface area contributed by atoms with E-state index in [0.717, 1.165) is 0 Å². The maximum absolute atomic E-state index is 13.0. The zero-order valence-corrected chi connectivity index (χ0v) is 17.6. The van der Waals surface area contributed by atoms with Crippen LogP contribution in [0.5, 0.6) is 5.75 Å². The van der Waals surface area contributed by atoms with Crippen molar-refractivity contribution in [3.8, 4) is 17.5 Å². The van der Waals surface area contributed by atoms with Crippen LogP contribution in [0.3, 0.4) is 0 Å². The van der Waals surface area contributed by atoms with E-state index in [-0.39, 0.29) is 11.5 Å². The van der Waals surface area contributed by atoms with Crippen LogP contribution in [0.4, 0.5) is 5.69 Å². The van der Waals surface area contributed by atoms with Gasteiger partial charge in [0.05, 0.1) is 40.5 Å². The SMILES string of the molecule is CCOc1ccc(C#N)cc1NC(=O)c1ccc(-n2c(C)nc3ccccc3c2=O)cc1. The smallest absolute Gasteiger partial charge is 0.265 e.